The number of anilines is 1. The van der Waals surface area contributed by atoms with Crippen molar-refractivity contribution < 1.29 is 14.6 Å². The fourth-order valence-corrected chi connectivity index (χ4v) is 1.05. The molecule has 0 aromatic heterocycles. The van der Waals surface area contributed by atoms with Gasteiger partial charge in [0.15, 0.2) is 11.5 Å². The maximum Gasteiger partial charge on any atom is 0.238 e. The molecule has 1 rings (SSSR count). The number of nitriles is 1. The number of carbonyl (C=O) groups is 1. The highest BCUT2D eigenvalue weighted by Crippen LogP contribution is 2.33. The summed E-state index contributed by atoms with van der Waals surface area (Å²) in [4.78, 5) is 11.1. The van der Waals surface area contributed by atoms with Crippen LogP contribution in [0.25, 0.3) is 0 Å². The van der Waals surface area contributed by atoms with E-state index in [-0.39, 0.29) is 23.6 Å². The first-order valence-corrected chi connectivity index (χ1v) is 4.21. The number of methoxy groups -OCH3 is 1. The molecule has 0 spiro atoms. The number of nitrogens with zero attached hydrogens (tertiary/aromatic N) is 1. The van der Waals surface area contributed by atoms with Gasteiger partial charge in [0.2, 0.25) is 5.91 Å². The molecule has 78 valence electrons. The highest BCUT2D eigenvalue weighted by Gasteiger charge is 2.09. The molecule has 1 amide bonds. The topological polar surface area (TPSA) is 82.3 Å². The van der Waals surface area contributed by atoms with Crippen LogP contribution >= 0.6 is 0 Å². The van der Waals surface area contributed by atoms with E-state index >= 15 is 0 Å². The number of ether oxygens (including phenoxy) is 1. The lowest BCUT2D eigenvalue weighted by Gasteiger charge is -2.08. The van der Waals surface area contributed by atoms with E-state index in [0.717, 1.165) is 0 Å². The molecule has 0 heterocycles. The molecule has 1 aromatic rings. The fraction of sp³-hybridized carbons (Fsp3) is 0.200. The number of hydrogen-bond donors (Lipinski definition) is 2. The van der Waals surface area contributed by atoms with Crippen LogP contribution in [0.3, 0.4) is 0 Å². The van der Waals surface area contributed by atoms with Gasteiger partial charge in [0.25, 0.3) is 0 Å². The summed E-state index contributed by atoms with van der Waals surface area (Å²) in [6, 6.07) is 6.42. The molecule has 0 saturated heterocycles. The monoisotopic (exact) mass is 206 g/mol. The number of phenols is 1. The van der Waals surface area contributed by atoms with E-state index in [0.29, 0.717) is 0 Å². The first-order chi connectivity index (χ1) is 7.19. The Labute approximate surface area is 86.9 Å². The second-order valence-electron chi connectivity index (χ2n) is 2.74. The van der Waals surface area contributed by atoms with Crippen molar-refractivity contribution in [3.63, 3.8) is 0 Å². The van der Waals surface area contributed by atoms with Gasteiger partial charge >= 0.3 is 0 Å². The molecule has 0 atom stereocenters. The highest BCUT2D eigenvalue weighted by molar-refractivity contribution is 5.93. The number of rotatable bonds is 3. The first-order valence-electron chi connectivity index (χ1n) is 4.21. The van der Waals surface area contributed by atoms with Crippen molar-refractivity contribution in [2.24, 2.45) is 0 Å². The highest BCUT2D eigenvalue weighted by atomic mass is 16.5. The minimum Gasteiger partial charge on any atom is -0.503 e. The Balaban J connectivity index is 2.87. The largest absolute Gasteiger partial charge is 0.503 e. The van der Waals surface area contributed by atoms with Crippen LogP contribution in [0.1, 0.15) is 6.42 Å². The molecule has 0 unspecified atom stereocenters. The molecular weight excluding hydrogens is 196 g/mol. The normalized spacial score (nSPS) is 9.07. The summed E-state index contributed by atoms with van der Waals surface area (Å²) in [5.41, 5.74) is 0.231. The van der Waals surface area contributed by atoms with Gasteiger partial charge in [-0.05, 0) is 12.1 Å². The van der Waals surface area contributed by atoms with Crippen LogP contribution in [0.5, 0.6) is 11.5 Å². The Bertz CT molecular complexity index is 410. The van der Waals surface area contributed by atoms with Gasteiger partial charge in [0, 0.05) is 0 Å². The lowest BCUT2D eigenvalue weighted by atomic mass is 10.2. The third-order valence-electron chi connectivity index (χ3n) is 1.73. The number of nitrogens with one attached hydrogen (secondary N) is 1. The lowest BCUT2D eigenvalue weighted by Crippen LogP contribution is -2.10. The zero-order chi connectivity index (χ0) is 11.3. The SMILES string of the molecule is COc1cccc(NC(=O)CC#N)c1O. The summed E-state index contributed by atoms with van der Waals surface area (Å²) < 4.78 is 4.86. The molecule has 0 aliphatic carbocycles. The zero-order valence-corrected chi connectivity index (χ0v) is 8.15. The number of phenolic OH excluding ortho intramolecular Hbond substituents is 1. The molecule has 15 heavy (non-hydrogen) atoms. The van der Waals surface area contributed by atoms with Crippen molar-refractivity contribution in [1.29, 1.82) is 5.26 Å². The third-order valence-corrected chi connectivity index (χ3v) is 1.73. The van der Waals surface area contributed by atoms with Crippen molar-refractivity contribution in [3.05, 3.63) is 18.2 Å². The van der Waals surface area contributed by atoms with Gasteiger partial charge in [-0.1, -0.05) is 6.07 Å². The summed E-state index contributed by atoms with van der Waals surface area (Å²) in [6.45, 7) is 0. The Morgan fingerprint density at radius 2 is 2.40 bits per heavy atom. The summed E-state index contributed by atoms with van der Waals surface area (Å²) >= 11 is 0. The van der Waals surface area contributed by atoms with Gasteiger partial charge in [0.05, 0.1) is 18.9 Å². The number of carbonyl (C=O) groups excluding carboxylic acids is 1. The second kappa shape index (κ2) is 4.86. The van der Waals surface area contributed by atoms with Crippen molar-refractivity contribution >= 4 is 11.6 Å². The minimum absolute atomic E-state index is 0.147. The van der Waals surface area contributed by atoms with E-state index in [4.69, 9.17) is 10.00 Å². The van der Waals surface area contributed by atoms with Gasteiger partial charge in [-0.15, -0.1) is 0 Å². The average Bonchev–Trinajstić information content (AvgIpc) is 2.21. The Morgan fingerprint density at radius 1 is 1.67 bits per heavy atom. The van der Waals surface area contributed by atoms with Crippen LogP contribution in [0.2, 0.25) is 0 Å². The smallest absolute Gasteiger partial charge is 0.238 e. The molecule has 5 heteroatoms. The molecule has 0 aliphatic rings. The molecule has 2 N–H and O–H groups in total. The predicted octanol–water partition coefficient (Wildman–Crippen LogP) is 1.25. The molecule has 0 bridgehead atoms. The van der Waals surface area contributed by atoms with E-state index < -0.39 is 5.91 Å². The van der Waals surface area contributed by atoms with E-state index in [1.807, 2.05) is 0 Å². The van der Waals surface area contributed by atoms with Crippen molar-refractivity contribution in [3.8, 4) is 17.6 Å². The summed E-state index contributed by atoms with van der Waals surface area (Å²) in [5.74, 6) is -0.350. The molecule has 0 radical (unpaired) electrons. The summed E-state index contributed by atoms with van der Waals surface area (Å²) in [6.07, 6.45) is -0.253. The molecular formula is C10H10N2O3. The van der Waals surface area contributed by atoms with E-state index in [2.05, 4.69) is 5.32 Å². The third kappa shape index (κ3) is 2.61. The quantitative estimate of drug-likeness (QED) is 0.729. The minimum atomic E-state index is -0.471. The maximum atomic E-state index is 11.1. The number of para-hydroxylation sites is 1. The summed E-state index contributed by atoms with van der Waals surface area (Å²) in [7, 11) is 1.41. The van der Waals surface area contributed by atoms with Gasteiger partial charge in [-0.2, -0.15) is 5.26 Å². The van der Waals surface area contributed by atoms with Crippen LogP contribution in [0.4, 0.5) is 5.69 Å². The van der Waals surface area contributed by atoms with Crippen LogP contribution in [-0.4, -0.2) is 18.1 Å². The predicted molar refractivity (Wildman–Crippen MR) is 53.5 cm³/mol. The standard InChI is InChI=1S/C10H10N2O3/c1-15-8-4-2-3-7(10(8)14)12-9(13)5-6-11/h2-4,14H,5H2,1H3,(H,12,13). The molecule has 0 saturated carbocycles. The van der Waals surface area contributed by atoms with Crippen molar-refractivity contribution in [2.45, 2.75) is 6.42 Å². The lowest BCUT2D eigenvalue weighted by molar-refractivity contribution is -0.115. The number of benzene rings is 1. The second-order valence-corrected chi connectivity index (χ2v) is 2.74. The first kappa shape index (κ1) is 10.9. The fourth-order valence-electron chi connectivity index (χ4n) is 1.05. The van der Waals surface area contributed by atoms with Crippen LogP contribution < -0.4 is 10.1 Å². The number of hydrogen-bond acceptors (Lipinski definition) is 4. The van der Waals surface area contributed by atoms with Gasteiger partial charge in [-0.3, -0.25) is 4.79 Å². The maximum absolute atomic E-state index is 11.1. The molecule has 0 aliphatic heterocycles. The van der Waals surface area contributed by atoms with E-state index in [1.165, 1.54) is 13.2 Å². The van der Waals surface area contributed by atoms with Crippen LogP contribution in [0.15, 0.2) is 18.2 Å². The van der Waals surface area contributed by atoms with Gasteiger partial charge < -0.3 is 15.2 Å². The average molecular weight is 206 g/mol. The number of amides is 1. The van der Waals surface area contributed by atoms with Crippen molar-refractivity contribution in [1.82, 2.24) is 0 Å². The number of aromatic hydroxyl groups is 1. The summed E-state index contributed by atoms with van der Waals surface area (Å²) in [5, 5.41) is 20.3. The van der Waals surface area contributed by atoms with Crippen LogP contribution in [-0.2, 0) is 4.79 Å². The Hall–Kier alpha value is -2.22. The molecule has 1 aromatic carbocycles. The van der Waals surface area contributed by atoms with Crippen LogP contribution in [0, 0.1) is 11.3 Å². The Morgan fingerprint density at radius 3 is 3.00 bits per heavy atom. The van der Waals surface area contributed by atoms with E-state index in [1.54, 1.807) is 18.2 Å². The van der Waals surface area contributed by atoms with E-state index in [9.17, 15) is 9.90 Å². The van der Waals surface area contributed by atoms with Crippen molar-refractivity contribution in [2.75, 3.05) is 12.4 Å². The van der Waals surface area contributed by atoms with Gasteiger partial charge in [-0.25, -0.2) is 0 Å². The zero-order valence-electron chi connectivity index (χ0n) is 8.15. The molecule has 0 fully saturated rings. The molecule has 5 nitrogen and oxygen atoms in total. The van der Waals surface area contributed by atoms with Gasteiger partial charge in [0.1, 0.15) is 6.42 Å². The Kier molecular flexibility index (Phi) is 3.52.